The molecule has 16 heavy (non-hydrogen) atoms. The summed E-state index contributed by atoms with van der Waals surface area (Å²) in [7, 11) is 0. The second-order valence-corrected chi connectivity index (χ2v) is 2.89. The number of hydrogen-bond acceptors (Lipinski definition) is 3. The van der Waals surface area contributed by atoms with Crippen LogP contribution in [0.4, 0.5) is 0 Å². The van der Waals surface area contributed by atoms with E-state index in [1.807, 2.05) is 26.0 Å². The molecule has 4 heteroatoms. The molecule has 0 atom stereocenters. The molecule has 0 aliphatic heterocycles. The zero-order valence-corrected chi connectivity index (χ0v) is 10.1. The van der Waals surface area contributed by atoms with Gasteiger partial charge >= 0.3 is 11.9 Å². The molecular weight excluding hydrogens is 208 g/mol. The third kappa shape index (κ3) is 22.8. The van der Waals surface area contributed by atoms with Gasteiger partial charge in [-0.15, -0.1) is 0 Å². The van der Waals surface area contributed by atoms with E-state index in [2.05, 4.69) is 4.74 Å². The van der Waals surface area contributed by atoms with Crippen molar-refractivity contribution in [3.05, 3.63) is 24.5 Å². The molecule has 0 aliphatic rings. The topological polar surface area (TPSA) is 63.6 Å². The van der Waals surface area contributed by atoms with Gasteiger partial charge in [0.1, 0.15) is 0 Å². The normalized spacial score (nSPS) is 9.94. The van der Waals surface area contributed by atoms with Gasteiger partial charge in [0, 0.05) is 13.3 Å². The monoisotopic (exact) mass is 228 g/mol. The van der Waals surface area contributed by atoms with Gasteiger partial charge in [-0.3, -0.25) is 9.59 Å². The summed E-state index contributed by atoms with van der Waals surface area (Å²) in [6.45, 7) is 5.22. The van der Waals surface area contributed by atoms with Gasteiger partial charge in [-0.05, 0) is 25.8 Å². The van der Waals surface area contributed by atoms with E-state index in [1.54, 1.807) is 6.08 Å². The lowest BCUT2D eigenvalue weighted by molar-refractivity contribution is -0.137. The summed E-state index contributed by atoms with van der Waals surface area (Å²) in [5.74, 6) is -1.00. The second-order valence-electron chi connectivity index (χ2n) is 2.89. The largest absolute Gasteiger partial charge is 0.481 e. The number of carboxylic acid groups (broad SMARTS) is 1. The van der Waals surface area contributed by atoms with Crippen LogP contribution in [-0.4, -0.2) is 17.0 Å². The molecular formula is C12H20O4. The summed E-state index contributed by atoms with van der Waals surface area (Å²) < 4.78 is 4.46. The molecule has 92 valence electrons. The number of carbonyl (C=O) groups is 2. The summed E-state index contributed by atoms with van der Waals surface area (Å²) in [6, 6.07) is 0. The predicted octanol–water partition coefficient (Wildman–Crippen LogP) is 2.90. The molecule has 4 nitrogen and oxygen atoms in total. The van der Waals surface area contributed by atoms with Crippen LogP contribution >= 0.6 is 0 Å². The second kappa shape index (κ2) is 13.4. The van der Waals surface area contributed by atoms with Gasteiger partial charge in [-0.1, -0.05) is 19.1 Å². The van der Waals surface area contributed by atoms with Crippen molar-refractivity contribution in [3.63, 3.8) is 0 Å². The third-order valence-electron chi connectivity index (χ3n) is 1.33. The van der Waals surface area contributed by atoms with Gasteiger partial charge in [-0.2, -0.15) is 0 Å². The number of ether oxygens (including phenoxy) is 1. The maximum absolute atomic E-state index is 10.0. The Morgan fingerprint density at radius 2 is 1.94 bits per heavy atom. The average Bonchev–Trinajstić information content (AvgIpc) is 2.18. The highest BCUT2D eigenvalue weighted by atomic mass is 16.5. The highest BCUT2D eigenvalue weighted by Crippen LogP contribution is 1.88. The first-order valence-corrected chi connectivity index (χ1v) is 5.19. The molecule has 0 rings (SSSR count). The van der Waals surface area contributed by atoms with Crippen molar-refractivity contribution < 1.29 is 19.4 Å². The van der Waals surface area contributed by atoms with Crippen LogP contribution in [0, 0.1) is 0 Å². The van der Waals surface area contributed by atoms with Gasteiger partial charge < -0.3 is 9.84 Å². The first kappa shape index (κ1) is 16.8. The summed E-state index contributed by atoms with van der Waals surface area (Å²) in [5, 5.41) is 8.11. The average molecular weight is 228 g/mol. The molecule has 0 saturated carbocycles. The molecule has 0 bridgehead atoms. The minimum atomic E-state index is -0.733. The van der Waals surface area contributed by atoms with Crippen LogP contribution in [0.3, 0.4) is 0 Å². The van der Waals surface area contributed by atoms with Crippen molar-refractivity contribution in [2.24, 2.45) is 0 Å². The Bertz CT molecular complexity index is 241. The Morgan fingerprint density at radius 3 is 2.31 bits per heavy atom. The molecule has 0 aromatic heterocycles. The van der Waals surface area contributed by atoms with Crippen molar-refractivity contribution in [2.75, 3.05) is 0 Å². The Hall–Kier alpha value is -1.58. The zero-order valence-electron chi connectivity index (χ0n) is 10.1. The summed E-state index contributed by atoms with van der Waals surface area (Å²) in [5.41, 5.74) is 0. The number of aliphatic carboxylic acids is 1. The first-order chi connectivity index (χ1) is 7.54. The number of carbonyl (C=O) groups excluding carboxylic acids is 1. The Labute approximate surface area is 96.6 Å². The van der Waals surface area contributed by atoms with Crippen LogP contribution in [0.15, 0.2) is 24.5 Å². The zero-order chi connectivity index (χ0) is 12.8. The number of hydrogen-bond donors (Lipinski definition) is 1. The standard InChI is InChI=1S/2C6H10O2/c1-3-4-5-8-6(2)7;1-2-3-4-5-6(7)8/h4-5H,3H2,1-2H3;2-3H,4-5H2,1H3,(H,7,8). The van der Waals surface area contributed by atoms with E-state index < -0.39 is 5.97 Å². The van der Waals surface area contributed by atoms with Crippen molar-refractivity contribution in [1.82, 2.24) is 0 Å². The smallest absolute Gasteiger partial charge is 0.307 e. The van der Waals surface area contributed by atoms with E-state index in [0.29, 0.717) is 6.42 Å². The first-order valence-electron chi connectivity index (χ1n) is 5.19. The molecule has 0 aromatic rings. The van der Waals surface area contributed by atoms with E-state index >= 15 is 0 Å². The maximum Gasteiger partial charge on any atom is 0.307 e. The highest BCUT2D eigenvalue weighted by Gasteiger charge is 1.89. The van der Waals surface area contributed by atoms with Crippen LogP contribution in [0.1, 0.15) is 40.0 Å². The van der Waals surface area contributed by atoms with E-state index in [4.69, 9.17) is 5.11 Å². The number of allylic oxidation sites excluding steroid dienone is 3. The molecule has 0 spiro atoms. The summed E-state index contributed by atoms with van der Waals surface area (Å²) in [6.07, 6.45) is 8.66. The number of esters is 1. The van der Waals surface area contributed by atoms with Gasteiger partial charge in [0.2, 0.25) is 0 Å². The van der Waals surface area contributed by atoms with Crippen molar-refractivity contribution in [3.8, 4) is 0 Å². The van der Waals surface area contributed by atoms with Gasteiger partial charge in [0.05, 0.1) is 6.26 Å². The lowest BCUT2D eigenvalue weighted by atomic mass is 10.3. The summed E-state index contributed by atoms with van der Waals surface area (Å²) >= 11 is 0. The molecule has 0 fully saturated rings. The molecule has 0 saturated heterocycles. The molecule has 0 amide bonds. The maximum atomic E-state index is 10.0. The van der Waals surface area contributed by atoms with Crippen LogP contribution in [-0.2, 0) is 14.3 Å². The molecule has 0 aliphatic carbocycles. The van der Waals surface area contributed by atoms with E-state index in [0.717, 1.165) is 6.42 Å². The lowest BCUT2D eigenvalue weighted by Gasteiger charge is -1.86. The third-order valence-corrected chi connectivity index (χ3v) is 1.33. The molecule has 0 radical (unpaired) electrons. The van der Waals surface area contributed by atoms with Crippen LogP contribution in [0.25, 0.3) is 0 Å². The molecule has 0 aromatic carbocycles. The Morgan fingerprint density at radius 1 is 1.31 bits per heavy atom. The Kier molecular flexibility index (Phi) is 14.1. The van der Waals surface area contributed by atoms with E-state index in [-0.39, 0.29) is 12.4 Å². The van der Waals surface area contributed by atoms with Crippen molar-refractivity contribution in [1.29, 1.82) is 0 Å². The number of rotatable bonds is 5. The minimum absolute atomic E-state index is 0.240. The fraction of sp³-hybridized carbons (Fsp3) is 0.500. The summed E-state index contributed by atoms with van der Waals surface area (Å²) in [4.78, 5) is 19.9. The molecule has 1 N–H and O–H groups in total. The van der Waals surface area contributed by atoms with Crippen molar-refractivity contribution >= 4 is 11.9 Å². The quantitative estimate of drug-likeness (QED) is 0.446. The van der Waals surface area contributed by atoms with Gasteiger partial charge in [0.15, 0.2) is 0 Å². The van der Waals surface area contributed by atoms with Crippen LogP contribution < -0.4 is 0 Å². The fourth-order valence-corrected chi connectivity index (χ4v) is 0.614. The van der Waals surface area contributed by atoms with Gasteiger partial charge in [-0.25, -0.2) is 0 Å². The fourth-order valence-electron chi connectivity index (χ4n) is 0.614. The van der Waals surface area contributed by atoms with E-state index in [9.17, 15) is 9.59 Å². The van der Waals surface area contributed by atoms with E-state index in [1.165, 1.54) is 13.2 Å². The molecule has 0 heterocycles. The van der Waals surface area contributed by atoms with Crippen LogP contribution in [0.2, 0.25) is 0 Å². The SMILES string of the molecule is CC=CCCC(=O)O.CCC=COC(C)=O. The highest BCUT2D eigenvalue weighted by molar-refractivity contribution is 5.66. The number of carboxylic acids is 1. The van der Waals surface area contributed by atoms with Gasteiger partial charge in [0.25, 0.3) is 0 Å². The predicted molar refractivity (Wildman–Crippen MR) is 62.9 cm³/mol. The lowest BCUT2D eigenvalue weighted by Crippen LogP contribution is -1.91. The van der Waals surface area contributed by atoms with Crippen molar-refractivity contribution in [2.45, 2.75) is 40.0 Å². The minimum Gasteiger partial charge on any atom is -0.481 e. The Balaban J connectivity index is 0. The molecule has 0 unspecified atom stereocenters. The van der Waals surface area contributed by atoms with Crippen LogP contribution in [0.5, 0.6) is 0 Å².